The van der Waals surface area contributed by atoms with Crippen molar-refractivity contribution in [2.75, 3.05) is 0 Å². The normalized spacial score (nSPS) is 30.8. The van der Waals surface area contributed by atoms with Crippen LogP contribution in [0.3, 0.4) is 0 Å². The molecule has 2 aliphatic carbocycles. The van der Waals surface area contributed by atoms with Crippen molar-refractivity contribution in [1.82, 2.24) is 0 Å². The minimum absolute atomic E-state index is 0.0446. The van der Waals surface area contributed by atoms with Crippen LogP contribution >= 0.6 is 0 Å². The molecule has 1 heteroatoms. The van der Waals surface area contributed by atoms with E-state index < -0.39 is 0 Å². The van der Waals surface area contributed by atoms with Gasteiger partial charge in [-0.25, -0.2) is 4.39 Å². The largest absolute Gasteiger partial charge is 0.207 e. The van der Waals surface area contributed by atoms with Crippen LogP contribution in [0.1, 0.15) is 121 Å². The molecule has 1 aromatic rings. The molecule has 0 radical (unpaired) electrons. The summed E-state index contributed by atoms with van der Waals surface area (Å²) in [5.74, 6) is 4.47. The van der Waals surface area contributed by atoms with E-state index in [1.54, 1.807) is 0 Å². The van der Waals surface area contributed by atoms with Crippen molar-refractivity contribution in [2.24, 2.45) is 23.7 Å². The SMILES string of the molecule is CCC(CCC(C)c1ccc(C2CCC(C)CC2)cc1F)C1CCC(C)CC1. The van der Waals surface area contributed by atoms with Gasteiger partial charge in [0.2, 0.25) is 0 Å². The van der Waals surface area contributed by atoms with Crippen LogP contribution in [0.15, 0.2) is 18.2 Å². The molecule has 2 fully saturated rings. The topological polar surface area (TPSA) is 0 Å². The Morgan fingerprint density at radius 2 is 1.50 bits per heavy atom. The lowest BCUT2D eigenvalue weighted by atomic mass is 9.73. The molecule has 0 heterocycles. The van der Waals surface area contributed by atoms with Gasteiger partial charge >= 0.3 is 0 Å². The van der Waals surface area contributed by atoms with E-state index in [1.807, 2.05) is 6.07 Å². The summed E-state index contributed by atoms with van der Waals surface area (Å²) in [7, 11) is 0. The van der Waals surface area contributed by atoms with Gasteiger partial charge in [0.05, 0.1) is 0 Å². The Labute approximate surface area is 173 Å². The molecular weight excluding hydrogens is 343 g/mol. The lowest BCUT2D eigenvalue weighted by molar-refractivity contribution is 0.194. The first-order valence-corrected chi connectivity index (χ1v) is 12.3. The van der Waals surface area contributed by atoms with Crippen LogP contribution < -0.4 is 0 Å². The van der Waals surface area contributed by atoms with Crippen LogP contribution in [-0.2, 0) is 0 Å². The Morgan fingerprint density at radius 1 is 0.893 bits per heavy atom. The molecule has 3 rings (SSSR count). The van der Waals surface area contributed by atoms with Gasteiger partial charge in [0, 0.05) is 0 Å². The first kappa shape index (κ1) is 21.8. The molecule has 2 unspecified atom stereocenters. The maximum absolute atomic E-state index is 14.9. The molecule has 1 aromatic carbocycles. The zero-order valence-electron chi connectivity index (χ0n) is 18.9. The van der Waals surface area contributed by atoms with Gasteiger partial charge in [-0.1, -0.05) is 71.9 Å². The summed E-state index contributed by atoms with van der Waals surface area (Å²) >= 11 is 0. The molecule has 0 nitrogen and oxygen atoms in total. The minimum Gasteiger partial charge on any atom is -0.207 e. The zero-order chi connectivity index (χ0) is 20.1. The lowest BCUT2D eigenvalue weighted by Crippen LogP contribution is -2.21. The third-order valence-corrected chi connectivity index (χ3v) is 8.26. The minimum atomic E-state index is 0.0446. The van der Waals surface area contributed by atoms with Crippen LogP contribution in [-0.4, -0.2) is 0 Å². The summed E-state index contributed by atoms with van der Waals surface area (Å²) in [4.78, 5) is 0. The molecule has 2 aliphatic rings. The van der Waals surface area contributed by atoms with Crippen molar-refractivity contribution >= 4 is 0 Å². The monoisotopic (exact) mass is 386 g/mol. The Kier molecular flexibility index (Phi) is 8.01. The second kappa shape index (κ2) is 10.3. The number of benzene rings is 1. The number of halogens is 1. The molecule has 0 N–H and O–H groups in total. The highest BCUT2D eigenvalue weighted by Gasteiger charge is 2.26. The van der Waals surface area contributed by atoms with Gasteiger partial charge in [-0.3, -0.25) is 0 Å². The third kappa shape index (κ3) is 5.61. The Morgan fingerprint density at radius 3 is 2.07 bits per heavy atom. The van der Waals surface area contributed by atoms with Crippen LogP contribution in [0, 0.1) is 29.5 Å². The van der Waals surface area contributed by atoms with Gasteiger partial charge in [-0.15, -0.1) is 0 Å². The highest BCUT2D eigenvalue weighted by Crippen LogP contribution is 2.39. The summed E-state index contributed by atoms with van der Waals surface area (Å²) in [6, 6.07) is 6.21. The van der Waals surface area contributed by atoms with E-state index in [9.17, 15) is 4.39 Å². The molecule has 0 amide bonds. The predicted octanol–water partition coefficient (Wildman–Crippen LogP) is 8.86. The lowest BCUT2D eigenvalue weighted by Gasteiger charge is -2.33. The van der Waals surface area contributed by atoms with E-state index in [2.05, 4.69) is 39.8 Å². The van der Waals surface area contributed by atoms with Crippen molar-refractivity contribution < 1.29 is 4.39 Å². The molecule has 0 spiro atoms. The maximum Gasteiger partial charge on any atom is 0.126 e. The van der Waals surface area contributed by atoms with E-state index in [0.29, 0.717) is 11.8 Å². The average molecular weight is 387 g/mol. The number of hydrogen-bond donors (Lipinski definition) is 0. The molecule has 0 saturated heterocycles. The van der Waals surface area contributed by atoms with Crippen LogP contribution in [0.5, 0.6) is 0 Å². The summed E-state index contributed by atoms with van der Waals surface area (Å²) in [5.41, 5.74) is 2.18. The van der Waals surface area contributed by atoms with Gasteiger partial charge in [0.25, 0.3) is 0 Å². The van der Waals surface area contributed by atoms with Crippen LogP contribution in [0.2, 0.25) is 0 Å². The summed E-state index contributed by atoms with van der Waals surface area (Å²) in [6.07, 6.45) is 14.4. The van der Waals surface area contributed by atoms with Crippen LogP contribution in [0.25, 0.3) is 0 Å². The van der Waals surface area contributed by atoms with Gasteiger partial charge in [0.15, 0.2) is 0 Å². The Hall–Kier alpha value is -0.850. The fourth-order valence-electron chi connectivity index (χ4n) is 5.94. The molecule has 2 saturated carbocycles. The second-order valence-corrected chi connectivity index (χ2v) is 10.4. The first-order valence-electron chi connectivity index (χ1n) is 12.3. The highest BCUT2D eigenvalue weighted by molar-refractivity contribution is 5.29. The highest BCUT2D eigenvalue weighted by atomic mass is 19.1. The Balaban J connectivity index is 1.55. The number of rotatable bonds is 7. The van der Waals surface area contributed by atoms with Crippen molar-refractivity contribution in [3.63, 3.8) is 0 Å². The molecule has 2 atom stereocenters. The summed E-state index contributed by atoms with van der Waals surface area (Å²) < 4.78 is 14.9. The molecule has 0 bridgehead atoms. The van der Waals surface area contributed by atoms with Gasteiger partial charge in [-0.2, -0.15) is 0 Å². The molecule has 28 heavy (non-hydrogen) atoms. The van der Waals surface area contributed by atoms with Crippen molar-refractivity contribution in [3.8, 4) is 0 Å². The first-order chi connectivity index (χ1) is 13.5. The molecule has 158 valence electrons. The maximum atomic E-state index is 14.9. The Bertz CT molecular complexity index is 590. The fraction of sp³-hybridized carbons (Fsp3) is 0.778. The molecule has 0 aliphatic heterocycles. The predicted molar refractivity (Wildman–Crippen MR) is 119 cm³/mol. The standard InChI is InChI=1S/C27H43F/c1-5-22(23-11-6-19(2)7-12-23)15-10-21(4)26-17-16-25(18-27(26)28)24-13-8-20(3)9-14-24/h16-24H,5-15H2,1-4H3. The van der Waals surface area contributed by atoms with Gasteiger partial charge < -0.3 is 0 Å². The smallest absolute Gasteiger partial charge is 0.126 e. The van der Waals surface area contributed by atoms with Crippen molar-refractivity contribution in [1.29, 1.82) is 0 Å². The van der Waals surface area contributed by atoms with Crippen LogP contribution in [0.4, 0.5) is 4.39 Å². The number of hydrogen-bond acceptors (Lipinski definition) is 0. The third-order valence-electron chi connectivity index (χ3n) is 8.26. The second-order valence-electron chi connectivity index (χ2n) is 10.4. The fourth-order valence-corrected chi connectivity index (χ4v) is 5.94. The van der Waals surface area contributed by atoms with Gasteiger partial charge in [0.1, 0.15) is 5.82 Å². The van der Waals surface area contributed by atoms with E-state index in [4.69, 9.17) is 0 Å². The summed E-state index contributed by atoms with van der Waals surface area (Å²) in [5, 5.41) is 0. The molecular formula is C27H43F. The zero-order valence-corrected chi connectivity index (χ0v) is 18.9. The van der Waals surface area contributed by atoms with Crippen molar-refractivity contribution in [3.05, 3.63) is 35.1 Å². The summed E-state index contributed by atoms with van der Waals surface area (Å²) in [6.45, 7) is 9.34. The van der Waals surface area contributed by atoms with E-state index >= 15 is 0 Å². The van der Waals surface area contributed by atoms with E-state index in [1.165, 1.54) is 69.8 Å². The van der Waals surface area contributed by atoms with Crippen molar-refractivity contribution in [2.45, 2.75) is 110 Å². The molecule has 0 aromatic heterocycles. The average Bonchev–Trinajstić information content (AvgIpc) is 2.70. The van der Waals surface area contributed by atoms with E-state index in [0.717, 1.165) is 35.7 Å². The van der Waals surface area contributed by atoms with E-state index in [-0.39, 0.29) is 5.82 Å². The van der Waals surface area contributed by atoms with Gasteiger partial charge in [-0.05, 0) is 91.2 Å². The quantitative estimate of drug-likeness (QED) is 0.439.